The van der Waals surface area contributed by atoms with Crippen molar-refractivity contribution in [1.29, 1.82) is 0 Å². The van der Waals surface area contributed by atoms with Gasteiger partial charge in [0.15, 0.2) is 0 Å². The van der Waals surface area contributed by atoms with Crippen LogP contribution in [0.4, 0.5) is 0 Å². The van der Waals surface area contributed by atoms with E-state index in [1.165, 1.54) is 11.1 Å². The quantitative estimate of drug-likeness (QED) is 0.747. The molecule has 1 aromatic carbocycles. The molecule has 0 radical (unpaired) electrons. The average molecular weight is 219 g/mol. The predicted octanol–water partition coefficient (Wildman–Crippen LogP) is 2.84. The summed E-state index contributed by atoms with van der Waals surface area (Å²) in [6, 6.07) is 6.23. The maximum absolute atomic E-state index is 5.74. The highest BCUT2D eigenvalue weighted by atomic mass is 16.5. The van der Waals surface area contributed by atoms with Gasteiger partial charge in [0.1, 0.15) is 5.75 Å². The SMILES string of the molecule is C=C(C)CCOc1ccc(C)cc1CCN. The van der Waals surface area contributed by atoms with Gasteiger partial charge >= 0.3 is 0 Å². The largest absolute Gasteiger partial charge is 0.493 e. The van der Waals surface area contributed by atoms with Crippen LogP contribution in [0.3, 0.4) is 0 Å². The lowest BCUT2D eigenvalue weighted by Crippen LogP contribution is -2.06. The molecule has 88 valence electrons. The van der Waals surface area contributed by atoms with E-state index >= 15 is 0 Å². The first-order chi connectivity index (χ1) is 7.63. The van der Waals surface area contributed by atoms with Gasteiger partial charge in [-0.2, -0.15) is 0 Å². The molecule has 0 atom stereocenters. The molecule has 2 nitrogen and oxygen atoms in total. The standard InChI is InChI=1S/C14H21NO/c1-11(2)7-9-16-14-5-4-12(3)10-13(14)6-8-15/h4-5,10H,1,6-9,15H2,2-3H3. The van der Waals surface area contributed by atoms with Gasteiger partial charge in [-0.15, -0.1) is 6.58 Å². The Labute approximate surface area is 98.1 Å². The topological polar surface area (TPSA) is 35.2 Å². The Bertz CT molecular complexity index is 358. The summed E-state index contributed by atoms with van der Waals surface area (Å²) < 4.78 is 5.74. The van der Waals surface area contributed by atoms with Crippen LogP contribution in [-0.4, -0.2) is 13.2 Å². The number of hydrogen-bond donors (Lipinski definition) is 1. The molecule has 2 heteroatoms. The third-order valence-electron chi connectivity index (χ3n) is 2.42. The fraction of sp³-hybridized carbons (Fsp3) is 0.429. The number of aryl methyl sites for hydroxylation is 1. The monoisotopic (exact) mass is 219 g/mol. The molecule has 1 rings (SSSR count). The Morgan fingerprint density at radius 2 is 2.19 bits per heavy atom. The van der Waals surface area contributed by atoms with Crippen LogP contribution in [-0.2, 0) is 6.42 Å². The van der Waals surface area contributed by atoms with E-state index < -0.39 is 0 Å². The summed E-state index contributed by atoms with van der Waals surface area (Å²) >= 11 is 0. The van der Waals surface area contributed by atoms with Crippen molar-refractivity contribution >= 4 is 0 Å². The number of hydrogen-bond acceptors (Lipinski definition) is 2. The van der Waals surface area contributed by atoms with Gasteiger partial charge in [-0.05, 0) is 38.4 Å². The number of nitrogens with two attached hydrogens (primary N) is 1. The maximum atomic E-state index is 5.74. The molecule has 0 amide bonds. The zero-order valence-corrected chi connectivity index (χ0v) is 10.3. The van der Waals surface area contributed by atoms with Crippen LogP contribution in [0.25, 0.3) is 0 Å². The zero-order chi connectivity index (χ0) is 12.0. The lowest BCUT2D eigenvalue weighted by Gasteiger charge is -2.11. The van der Waals surface area contributed by atoms with E-state index in [0.717, 1.165) is 24.2 Å². The Kier molecular flexibility index (Phi) is 5.06. The maximum Gasteiger partial charge on any atom is 0.122 e. The van der Waals surface area contributed by atoms with Crippen molar-refractivity contribution in [3.8, 4) is 5.75 Å². The zero-order valence-electron chi connectivity index (χ0n) is 10.3. The van der Waals surface area contributed by atoms with Crippen LogP contribution in [0.15, 0.2) is 30.4 Å². The molecule has 16 heavy (non-hydrogen) atoms. The van der Waals surface area contributed by atoms with Gasteiger partial charge in [0.05, 0.1) is 6.61 Å². The van der Waals surface area contributed by atoms with E-state index in [0.29, 0.717) is 13.2 Å². The smallest absolute Gasteiger partial charge is 0.122 e. The van der Waals surface area contributed by atoms with Gasteiger partial charge in [0.2, 0.25) is 0 Å². The molecule has 0 fully saturated rings. The second-order valence-electron chi connectivity index (χ2n) is 4.21. The Hall–Kier alpha value is -1.28. The van der Waals surface area contributed by atoms with Crippen molar-refractivity contribution in [3.05, 3.63) is 41.5 Å². The Morgan fingerprint density at radius 1 is 1.44 bits per heavy atom. The first-order valence-electron chi connectivity index (χ1n) is 5.70. The Balaban J connectivity index is 2.66. The molecule has 0 spiro atoms. The number of rotatable bonds is 6. The summed E-state index contributed by atoms with van der Waals surface area (Å²) in [7, 11) is 0. The van der Waals surface area contributed by atoms with E-state index in [1.807, 2.05) is 13.0 Å². The van der Waals surface area contributed by atoms with Crippen molar-refractivity contribution < 1.29 is 4.74 Å². The molecule has 0 heterocycles. The summed E-state index contributed by atoms with van der Waals surface area (Å²) in [6.07, 6.45) is 1.76. The molecule has 0 aromatic heterocycles. The molecular formula is C14H21NO. The van der Waals surface area contributed by atoms with Crippen LogP contribution >= 0.6 is 0 Å². The second-order valence-corrected chi connectivity index (χ2v) is 4.21. The van der Waals surface area contributed by atoms with E-state index in [-0.39, 0.29) is 0 Å². The first kappa shape index (κ1) is 12.8. The summed E-state index contributed by atoms with van der Waals surface area (Å²) in [5, 5.41) is 0. The molecule has 0 saturated carbocycles. The van der Waals surface area contributed by atoms with Crippen molar-refractivity contribution in [3.63, 3.8) is 0 Å². The number of benzene rings is 1. The summed E-state index contributed by atoms with van der Waals surface area (Å²) in [4.78, 5) is 0. The Morgan fingerprint density at radius 3 is 2.81 bits per heavy atom. The highest BCUT2D eigenvalue weighted by molar-refractivity contribution is 5.37. The minimum absolute atomic E-state index is 0.653. The molecule has 0 saturated heterocycles. The van der Waals surface area contributed by atoms with Crippen molar-refractivity contribution in [2.45, 2.75) is 26.7 Å². The minimum Gasteiger partial charge on any atom is -0.493 e. The van der Waals surface area contributed by atoms with Gasteiger partial charge in [0.25, 0.3) is 0 Å². The second kappa shape index (κ2) is 6.33. The third kappa shape index (κ3) is 4.07. The fourth-order valence-electron chi connectivity index (χ4n) is 1.54. The van der Waals surface area contributed by atoms with E-state index in [4.69, 9.17) is 10.5 Å². The van der Waals surface area contributed by atoms with Crippen molar-refractivity contribution in [2.24, 2.45) is 5.73 Å². The highest BCUT2D eigenvalue weighted by Gasteiger charge is 2.03. The highest BCUT2D eigenvalue weighted by Crippen LogP contribution is 2.20. The molecule has 0 aliphatic rings. The lowest BCUT2D eigenvalue weighted by molar-refractivity contribution is 0.318. The van der Waals surface area contributed by atoms with Crippen molar-refractivity contribution in [2.75, 3.05) is 13.2 Å². The van der Waals surface area contributed by atoms with E-state index in [1.54, 1.807) is 0 Å². The van der Waals surface area contributed by atoms with E-state index in [9.17, 15) is 0 Å². The van der Waals surface area contributed by atoms with Gasteiger partial charge in [-0.25, -0.2) is 0 Å². The third-order valence-corrected chi connectivity index (χ3v) is 2.42. The van der Waals surface area contributed by atoms with Crippen molar-refractivity contribution in [1.82, 2.24) is 0 Å². The molecule has 0 unspecified atom stereocenters. The van der Waals surface area contributed by atoms with Crippen LogP contribution < -0.4 is 10.5 Å². The number of ether oxygens (including phenoxy) is 1. The fourth-order valence-corrected chi connectivity index (χ4v) is 1.54. The average Bonchev–Trinajstić information content (AvgIpc) is 2.21. The van der Waals surface area contributed by atoms with Gasteiger partial charge < -0.3 is 10.5 Å². The van der Waals surface area contributed by atoms with Gasteiger partial charge in [-0.3, -0.25) is 0 Å². The minimum atomic E-state index is 0.653. The lowest BCUT2D eigenvalue weighted by atomic mass is 10.1. The van der Waals surface area contributed by atoms with Crippen LogP contribution in [0.2, 0.25) is 0 Å². The summed E-state index contributed by atoms with van der Waals surface area (Å²) in [5.74, 6) is 0.956. The van der Waals surface area contributed by atoms with Crippen LogP contribution in [0, 0.1) is 6.92 Å². The van der Waals surface area contributed by atoms with Gasteiger partial charge in [0, 0.05) is 6.42 Å². The van der Waals surface area contributed by atoms with E-state index in [2.05, 4.69) is 25.6 Å². The van der Waals surface area contributed by atoms with Gasteiger partial charge in [-0.1, -0.05) is 23.3 Å². The molecular weight excluding hydrogens is 198 g/mol. The normalized spacial score (nSPS) is 10.2. The molecule has 2 N–H and O–H groups in total. The first-order valence-corrected chi connectivity index (χ1v) is 5.70. The van der Waals surface area contributed by atoms with Crippen LogP contribution in [0.1, 0.15) is 24.5 Å². The predicted molar refractivity (Wildman–Crippen MR) is 68.9 cm³/mol. The molecule has 1 aromatic rings. The van der Waals surface area contributed by atoms with Crippen LogP contribution in [0.5, 0.6) is 5.75 Å². The summed E-state index contributed by atoms with van der Waals surface area (Å²) in [5.41, 5.74) is 9.18. The molecule has 0 aliphatic carbocycles. The molecule has 0 bridgehead atoms. The summed E-state index contributed by atoms with van der Waals surface area (Å²) in [6.45, 7) is 9.30. The molecule has 0 aliphatic heterocycles.